The molecule has 0 aliphatic carbocycles. The SMILES string of the molecule is O=C1OCC2=C1C(c1ccc3ccccc3c1)CC(=O)N2c1ccc(C(F)(F)F)cc1. The molecule has 0 spiro atoms. The van der Waals surface area contributed by atoms with Gasteiger partial charge in [-0.25, -0.2) is 4.79 Å². The van der Waals surface area contributed by atoms with Crippen LogP contribution in [0.5, 0.6) is 0 Å². The number of benzene rings is 3. The van der Waals surface area contributed by atoms with E-state index in [0.717, 1.165) is 28.5 Å². The third kappa shape index (κ3) is 3.26. The van der Waals surface area contributed by atoms with Crippen LogP contribution in [0, 0.1) is 0 Å². The molecule has 4 nitrogen and oxygen atoms in total. The number of ether oxygens (including phenoxy) is 1. The Morgan fingerprint density at radius 1 is 0.903 bits per heavy atom. The van der Waals surface area contributed by atoms with Crippen molar-refractivity contribution < 1.29 is 27.5 Å². The highest BCUT2D eigenvalue weighted by Gasteiger charge is 2.43. The van der Waals surface area contributed by atoms with Gasteiger partial charge in [0.05, 0.1) is 16.8 Å². The van der Waals surface area contributed by atoms with E-state index in [1.807, 2.05) is 42.5 Å². The van der Waals surface area contributed by atoms with E-state index in [1.54, 1.807) is 0 Å². The first-order valence-corrected chi connectivity index (χ1v) is 9.72. The molecule has 0 saturated carbocycles. The van der Waals surface area contributed by atoms with Crippen molar-refractivity contribution in [3.63, 3.8) is 0 Å². The minimum Gasteiger partial charge on any atom is -0.456 e. The molecular formula is C24H16F3NO3. The van der Waals surface area contributed by atoms with Crippen molar-refractivity contribution in [3.8, 4) is 0 Å². The summed E-state index contributed by atoms with van der Waals surface area (Å²) >= 11 is 0. The Kier molecular flexibility index (Phi) is 4.36. The van der Waals surface area contributed by atoms with Crippen molar-refractivity contribution in [1.29, 1.82) is 0 Å². The monoisotopic (exact) mass is 423 g/mol. The second-order valence-electron chi connectivity index (χ2n) is 7.57. The predicted molar refractivity (Wildman–Crippen MR) is 108 cm³/mol. The smallest absolute Gasteiger partial charge is 0.416 e. The molecule has 2 aliphatic rings. The number of cyclic esters (lactones) is 1. The van der Waals surface area contributed by atoms with Crippen LogP contribution in [-0.2, 0) is 20.5 Å². The number of carbonyl (C=O) groups is 2. The summed E-state index contributed by atoms with van der Waals surface area (Å²) in [5, 5.41) is 2.04. The Hall–Kier alpha value is -3.61. The number of halogens is 3. The normalized spacial score (nSPS) is 19.1. The van der Waals surface area contributed by atoms with Crippen LogP contribution < -0.4 is 4.90 Å². The third-order valence-corrected chi connectivity index (χ3v) is 5.75. The van der Waals surface area contributed by atoms with Gasteiger partial charge in [0.2, 0.25) is 5.91 Å². The quantitative estimate of drug-likeness (QED) is 0.533. The highest BCUT2D eigenvalue weighted by Crippen LogP contribution is 2.42. The molecule has 2 aliphatic heterocycles. The predicted octanol–water partition coefficient (Wildman–Crippen LogP) is 5.19. The maximum atomic E-state index is 13.1. The first-order chi connectivity index (χ1) is 14.8. The number of fused-ring (bicyclic) bond motifs is 1. The summed E-state index contributed by atoms with van der Waals surface area (Å²) in [4.78, 5) is 26.9. The molecule has 5 rings (SSSR count). The Morgan fingerprint density at radius 2 is 1.61 bits per heavy atom. The molecule has 0 radical (unpaired) electrons. The van der Waals surface area contributed by atoms with Gasteiger partial charge in [-0.2, -0.15) is 13.2 Å². The van der Waals surface area contributed by atoms with E-state index in [0.29, 0.717) is 11.3 Å². The average molecular weight is 423 g/mol. The number of amides is 1. The Bertz CT molecular complexity index is 1240. The van der Waals surface area contributed by atoms with Crippen LogP contribution in [-0.4, -0.2) is 18.5 Å². The number of esters is 1. The van der Waals surface area contributed by atoms with Crippen LogP contribution in [0.25, 0.3) is 10.8 Å². The lowest BCUT2D eigenvalue weighted by atomic mass is 9.83. The van der Waals surface area contributed by atoms with Crippen LogP contribution in [0.1, 0.15) is 23.5 Å². The summed E-state index contributed by atoms with van der Waals surface area (Å²) in [5.41, 5.74) is 1.07. The zero-order valence-corrected chi connectivity index (χ0v) is 16.1. The van der Waals surface area contributed by atoms with Gasteiger partial charge in [-0.15, -0.1) is 0 Å². The number of hydrogen-bond donors (Lipinski definition) is 0. The first kappa shape index (κ1) is 19.4. The minimum atomic E-state index is -4.47. The van der Waals surface area contributed by atoms with Crippen molar-refractivity contribution in [2.75, 3.05) is 11.5 Å². The van der Waals surface area contributed by atoms with Crippen LogP contribution in [0.4, 0.5) is 18.9 Å². The molecular weight excluding hydrogens is 407 g/mol. The van der Waals surface area contributed by atoms with Gasteiger partial charge in [-0.3, -0.25) is 9.69 Å². The van der Waals surface area contributed by atoms with Crippen LogP contribution in [0.2, 0.25) is 0 Å². The number of nitrogens with zero attached hydrogens (tertiary/aromatic N) is 1. The fourth-order valence-electron chi connectivity index (χ4n) is 4.26. The van der Waals surface area contributed by atoms with Crippen molar-refractivity contribution in [2.45, 2.75) is 18.5 Å². The zero-order chi connectivity index (χ0) is 21.8. The van der Waals surface area contributed by atoms with Gasteiger partial charge in [0.25, 0.3) is 0 Å². The van der Waals surface area contributed by atoms with E-state index in [-0.39, 0.29) is 24.6 Å². The standard InChI is InChI=1S/C24H16F3NO3/c25-24(26,27)17-7-9-18(10-8-17)28-20-13-31-23(30)22(20)19(12-21(28)29)16-6-5-14-3-1-2-4-15(14)11-16/h1-11,19H,12-13H2. The van der Waals surface area contributed by atoms with Gasteiger partial charge in [-0.1, -0.05) is 42.5 Å². The Labute approximate surface area is 175 Å². The molecule has 3 aromatic carbocycles. The number of anilines is 1. The highest BCUT2D eigenvalue weighted by molar-refractivity contribution is 6.06. The summed E-state index contributed by atoms with van der Waals surface area (Å²) in [5.74, 6) is -1.26. The first-order valence-electron chi connectivity index (χ1n) is 9.72. The summed E-state index contributed by atoms with van der Waals surface area (Å²) in [7, 11) is 0. The fraction of sp³-hybridized carbons (Fsp3) is 0.167. The van der Waals surface area contributed by atoms with Gasteiger partial charge < -0.3 is 4.74 Å². The van der Waals surface area contributed by atoms with E-state index in [2.05, 4.69) is 0 Å². The molecule has 0 aromatic heterocycles. The van der Waals surface area contributed by atoms with Gasteiger partial charge in [-0.05, 0) is 40.6 Å². The molecule has 3 aromatic rings. The minimum absolute atomic E-state index is 0.0211. The number of rotatable bonds is 2. The Morgan fingerprint density at radius 3 is 2.32 bits per heavy atom. The van der Waals surface area contributed by atoms with Crippen LogP contribution >= 0.6 is 0 Å². The molecule has 0 N–H and O–H groups in total. The molecule has 0 bridgehead atoms. The molecule has 31 heavy (non-hydrogen) atoms. The molecule has 2 heterocycles. The molecule has 156 valence electrons. The molecule has 1 atom stereocenters. The highest BCUT2D eigenvalue weighted by atomic mass is 19.4. The average Bonchev–Trinajstić information content (AvgIpc) is 3.13. The van der Waals surface area contributed by atoms with E-state index >= 15 is 0 Å². The lowest BCUT2D eigenvalue weighted by Gasteiger charge is -2.32. The fourth-order valence-corrected chi connectivity index (χ4v) is 4.26. The largest absolute Gasteiger partial charge is 0.456 e. The van der Waals surface area contributed by atoms with Crippen molar-refractivity contribution >= 4 is 28.3 Å². The van der Waals surface area contributed by atoms with E-state index in [4.69, 9.17) is 4.74 Å². The lowest BCUT2D eigenvalue weighted by molar-refractivity contribution is -0.138. The third-order valence-electron chi connectivity index (χ3n) is 5.75. The molecule has 0 fully saturated rings. The number of alkyl halides is 3. The number of hydrogen-bond acceptors (Lipinski definition) is 3. The number of carbonyl (C=O) groups excluding carboxylic acids is 2. The van der Waals surface area contributed by atoms with E-state index in [9.17, 15) is 22.8 Å². The van der Waals surface area contributed by atoms with Crippen molar-refractivity contribution in [3.05, 3.63) is 89.1 Å². The maximum Gasteiger partial charge on any atom is 0.416 e. The van der Waals surface area contributed by atoms with E-state index < -0.39 is 23.6 Å². The molecule has 1 unspecified atom stereocenters. The lowest BCUT2D eigenvalue weighted by Crippen LogP contribution is -2.37. The van der Waals surface area contributed by atoms with Crippen LogP contribution in [0.15, 0.2) is 78.0 Å². The topological polar surface area (TPSA) is 46.6 Å². The molecule has 1 amide bonds. The summed E-state index contributed by atoms with van der Waals surface area (Å²) < 4.78 is 43.9. The zero-order valence-electron chi connectivity index (χ0n) is 16.1. The van der Waals surface area contributed by atoms with Gasteiger partial charge in [0.15, 0.2) is 0 Å². The maximum absolute atomic E-state index is 13.1. The van der Waals surface area contributed by atoms with Crippen LogP contribution in [0.3, 0.4) is 0 Å². The summed E-state index contributed by atoms with van der Waals surface area (Å²) in [6.07, 6.45) is -4.45. The second-order valence-corrected chi connectivity index (χ2v) is 7.57. The summed E-state index contributed by atoms with van der Waals surface area (Å²) in [6.45, 7) is -0.0923. The second kappa shape index (κ2) is 6.97. The van der Waals surface area contributed by atoms with Crippen molar-refractivity contribution in [2.24, 2.45) is 0 Å². The van der Waals surface area contributed by atoms with Gasteiger partial charge >= 0.3 is 12.1 Å². The van der Waals surface area contributed by atoms with Gasteiger partial charge in [0.1, 0.15) is 6.61 Å². The van der Waals surface area contributed by atoms with E-state index in [1.165, 1.54) is 17.0 Å². The summed E-state index contributed by atoms with van der Waals surface area (Å²) in [6, 6.07) is 17.9. The Balaban J connectivity index is 1.58. The molecule has 7 heteroatoms. The van der Waals surface area contributed by atoms with Gasteiger partial charge in [0, 0.05) is 18.0 Å². The van der Waals surface area contributed by atoms with Crippen molar-refractivity contribution in [1.82, 2.24) is 0 Å². The molecule has 0 saturated heterocycles.